The van der Waals surface area contributed by atoms with Gasteiger partial charge in [-0.05, 0) is 0 Å². The molecule has 0 bridgehead atoms. The van der Waals surface area contributed by atoms with Gasteiger partial charge in [0.25, 0.3) is 0 Å². The first-order valence-corrected chi connectivity index (χ1v) is 7.83. The minimum Gasteiger partial charge on any atom is -0.493 e. The van der Waals surface area contributed by atoms with Crippen LogP contribution < -0.4 is 14.8 Å². The van der Waals surface area contributed by atoms with Crippen molar-refractivity contribution in [3.63, 3.8) is 0 Å². The minimum absolute atomic E-state index is 0.121. The first-order chi connectivity index (χ1) is 9.04. The molecule has 1 heterocycles. The van der Waals surface area contributed by atoms with Crippen molar-refractivity contribution in [1.82, 2.24) is 10.3 Å². The summed E-state index contributed by atoms with van der Waals surface area (Å²) in [6.45, 7) is 2.46. The second-order valence-electron chi connectivity index (χ2n) is 3.91. The molecule has 6 nitrogen and oxygen atoms in total. The molecule has 0 fully saturated rings. The highest BCUT2D eigenvalue weighted by molar-refractivity contribution is 7.91. The Balaban J connectivity index is 2.59. The summed E-state index contributed by atoms with van der Waals surface area (Å²) < 4.78 is 33.1. The van der Waals surface area contributed by atoms with Gasteiger partial charge in [0, 0.05) is 31.1 Å². The molecule has 0 spiro atoms. The molecule has 0 aliphatic carbocycles. The van der Waals surface area contributed by atoms with Gasteiger partial charge < -0.3 is 14.8 Å². The summed E-state index contributed by atoms with van der Waals surface area (Å²) in [6.07, 6.45) is 1.63. The number of aromatic nitrogens is 1. The van der Waals surface area contributed by atoms with Gasteiger partial charge in [-0.25, -0.2) is 8.42 Å². The molecule has 0 saturated carbocycles. The van der Waals surface area contributed by atoms with E-state index < -0.39 is 9.84 Å². The maximum absolute atomic E-state index is 11.3. The van der Waals surface area contributed by atoms with Crippen molar-refractivity contribution in [3.05, 3.63) is 18.0 Å². The lowest BCUT2D eigenvalue weighted by Crippen LogP contribution is -2.24. The molecule has 1 N–H and O–H groups in total. The fraction of sp³-hybridized carbons (Fsp3) is 0.583. The molecule has 0 aromatic carbocycles. The Morgan fingerprint density at radius 2 is 2.05 bits per heavy atom. The minimum atomic E-state index is -2.94. The summed E-state index contributed by atoms with van der Waals surface area (Å²) in [4.78, 5) is 4.20. The maximum atomic E-state index is 11.3. The van der Waals surface area contributed by atoms with Gasteiger partial charge in [-0.2, -0.15) is 0 Å². The lowest BCUT2D eigenvalue weighted by Gasteiger charge is -2.12. The molecule has 0 saturated heterocycles. The van der Waals surface area contributed by atoms with E-state index in [4.69, 9.17) is 9.47 Å². The fourth-order valence-corrected chi connectivity index (χ4v) is 2.30. The van der Waals surface area contributed by atoms with Crippen molar-refractivity contribution in [3.8, 4) is 11.5 Å². The van der Waals surface area contributed by atoms with Crippen LogP contribution in [0.2, 0.25) is 0 Å². The number of hydrogen-bond acceptors (Lipinski definition) is 6. The quantitative estimate of drug-likeness (QED) is 0.707. The number of nitrogens with zero attached hydrogens (tertiary/aromatic N) is 1. The first kappa shape index (κ1) is 15.7. The summed E-state index contributed by atoms with van der Waals surface area (Å²) in [6, 6.07) is 1.71. The normalized spacial score (nSPS) is 11.3. The predicted octanol–water partition coefficient (Wildman–Crippen LogP) is 0.623. The molecule has 1 rings (SSSR count). The highest BCUT2D eigenvalue weighted by atomic mass is 32.2. The Morgan fingerprint density at radius 3 is 2.63 bits per heavy atom. The van der Waals surface area contributed by atoms with Crippen LogP contribution in [0.5, 0.6) is 11.5 Å². The smallest absolute Gasteiger partial charge is 0.183 e. The fourth-order valence-electron chi connectivity index (χ4n) is 1.56. The Kier molecular flexibility index (Phi) is 6.04. The molecule has 1 aromatic heterocycles. The average Bonchev–Trinajstić information content (AvgIpc) is 2.43. The second kappa shape index (κ2) is 7.30. The Hall–Kier alpha value is -1.34. The van der Waals surface area contributed by atoms with Crippen LogP contribution in [0.25, 0.3) is 0 Å². The molecule has 0 aliphatic heterocycles. The first-order valence-electron chi connectivity index (χ1n) is 6.01. The Bertz CT molecular complexity index is 502. The molecule has 0 radical (unpaired) electrons. The summed E-state index contributed by atoms with van der Waals surface area (Å²) in [5.41, 5.74) is 0.691. The largest absolute Gasteiger partial charge is 0.493 e. The lowest BCUT2D eigenvalue weighted by molar-refractivity contribution is 0.348. The zero-order chi connectivity index (χ0) is 14.3. The van der Waals surface area contributed by atoms with E-state index >= 15 is 0 Å². The van der Waals surface area contributed by atoms with E-state index in [1.54, 1.807) is 33.4 Å². The number of nitrogens with one attached hydrogen (secondary N) is 1. The van der Waals surface area contributed by atoms with Gasteiger partial charge in [0.2, 0.25) is 0 Å². The van der Waals surface area contributed by atoms with Gasteiger partial charge in [0.05, 0.1) is 25.7 Å². The van der Waals surface area contributed by atoms with Crippen LogP contribution in [0.1, 0.15) is 12.6 Å². The van der Waals surface area contributed by atoms with Crippen LogP contribution in [0.3, 0.4) is 0 Å². The van der Waals surface area contributed by atoms with Crippen molar-refractivity contribution >= 4 is 9.84 Å². The SMILES string of the molecule is CCS(=O)(=O)CCNCc1nccc(OC)c1OC. The van der Waals surface area contributed by atoms with Crippen molar-refractivity contribution in [1.29, 1.82) is 0 Å². The number of sulfone groups is 1. The molecule has 0 aliphatic rings. The maximum Gasteiger partial charge on any atom is 0.183 e. The number of hydrogen-bond donors (Lipinski definition) is 1. The standard InChI is InChI=1S/C12H20N2O4S/c1-4-19(15,16)8-7-13-9-10-12(18-3)11(17-2)5-6-14-10/h5-6,13H,4,7-9H2,1-3H3. The van der Waals surface area contributed by atoms with Crippen LogP contribution in [-0.2, 0) is 16.4 Å². The van der Waals surface area contributed by atoms with E-state index in [-0.39, 0.29) is 11.5 Å². The highest BCUT2D eigenvalue weighted by Gasteiger charge is 2.11. The Labute approximate surface area is 114 Å². The van der Waals surface area contributed by atoms with Crippen LogP contribution in [-0.4, -0.2) is 45.7 Å². The van der Waals surface area contributed by atoms with Gasteiger partial charge in [0.1, 0.15) is 0 Å². The monoisotopic (exact) mass is 288 g/mol. The van der Waals surface area contributed by atoms with E-state index in [1.807, 2.05) is 0 Å². The summed E-state index contributed by atoms with van der Waals surface area (Å²) in [5, 5.41) is 3.04. The second-order valence-corrected chi connectivity index (χ2v) is 6.38. The van der Waals surface area contributed by atoms with Crippen LogP contribution in [0.4, 0.5) is 0 Å². The van der Waals surface area contributed by atoms with Crippen LogP contribution >= 0.6 is 0 Å². The molecule has 7 heteroatoms. The highest BCUT2D eigenvalue weighted by Crippen LogP contribution is 2.28. The third-order valence-corrected chi connectivity index (χ3v) is 4.39. The van der Waals surface area contributed by atoms with E-state index in [9.17, 15) is 8.42 Å². The molecule has 0 unspecified atom stereocenters. The number of methoxy groups -OCH3 is 2. The van der Waals surface area contributed by atoms with Gasteiger partial charge in [-0.15, -0.1) is 0 Å². The van der Waals surface area contributed by atoms with Gasteiger partial charge in [-0.3, -0.25) is 4.98 Å². The molecular formula is C12H20N2O4S. The van der Waals surface area contributed by atoms with Crippen molar-refractivity contribution in [2.45, 2.75) is 13.5 Å². The van der Waals surface area contributed by atoms with Crippen molar-refractivity contribution in [2.75, 3.05) is 32.3 Å². The zero-order valence-electron chi connectivity index (χ0n) is 11.5. The van der Waals surface area contributed by atoms with Crippen molar-refractivity contribution < 1.29 is 17.9 Å². The molecular weight excluding hydrogens is 268 g/mol. The number of pyridine rings is 1. The van der Waals surface area contributed by atoms with Gasteiger partial charge in [0.15, 0.2) is 21.3 Å². The zero-order valence-corrected chi connectivity index (χ0v) is 12.3. The van der Waals surface area contributed by atoms with Crippen LogP contribution in [0, 0.1) is 0 Å². The third-order valence-electron chi connectivity index (χ3n) is 2.69. The topological polar surface area (TPSA) is 77.5 Å². The molecule has 108 valence electrons. The van der Waals surface area contributed by atoms with E-state index in [2.05, 4.69) is 10.3 Å². The summed E-state index contributed by atoms with van der Waals surface area (Å²) >= 11 is 0. The lowest BCUT2D eigenvalue weighted by atomic mass is 10.3. The van der Waals surface area contributed by atoms with Gasteiger partial charge in [-0.1, -0.05) is 6.92 Å². The van der Waals surface area contributed by atoms with Crippen LogP contribution in [0.15, 0.2) is 12.3 Å². The van der Waals surface area contributed by atoms with E-state index in [0.717, 1.165) is 0 Å². The average molecular weight is 288 g/mol. The predicted molar refractivity (Wildman–Crippen MR) is 73.4 cm³/mol. The molecule has 19 heavy (non-hydrogen) atoms. The van der Waals surface area contributed by atoms with Gasteiger partial charge >= 0.3 is 0 Å². The summed E-state index contributed by atoms with van der Waals surface area (Å²) in [7, 11) is 0.163. The molecule has 0 amide bonds. The third kappa shape index (κ3) is 4.68. The number of ether oxygens (including phenoxy) is 2. The van der Waals surface area contributed by atoms with E-state index in [1.165, 1.54) is 0 Å². The molecule has 0 atom stereocenters. The molecule has 1 aromatic rings. The summed E-state index contributed by atoms with van der Waals surface area (Å²) in [5.74, 6) is 1.46. The Morgan fingerprint density at radius 1 is 1.32 bits per heavy atom. The number of rotatable bonds is 8. The van der Waals surface area contributed by atoms with E-state index in [0.29, 0.717) is 30.3 Å². The van der Waals surface area contributed by atoms with Crippen molar-refractivity contribution in [2.24, 2.45) is 0 Å².